The summed E-state index contributed by atoms with van der Waals surface area (Å²) in [4.78, 5) is 29.5. The molecule has 0 spiro atoms. The molecular formula is C24H25N3O3. The first kappa shape index (κ1) is 21.0. The highest BCUT2D eigenvalue weighted by Gasteiger charge is 2.14. The number of nitrogens with zero attached hydrogens (tertiary/aromatic N) is 2. The standard InChI is InChI=1S/C24H25N3O3/c1-4-27(17(3)28)15-21-8-7-19(24(25)29)13-23(21)30-22-11-9-18(10-12-22)20-6-5-16(2)26-14-20/h5-14H,4,15H2,1-3H3,(H2,25,29). The molecule has 30 heavy (non-hydrogen) atoms. The molecule has 3 aromatic rings. The van der Waals surface area contributed by atoms with Gasteiger partial charge in [-0.2, -0.15) is 0 Å². The molecule has 2 N–H and O–H groups in total. The van der Waals surface area contributed by atoms with Gasteiger partial charge in [-0.05, 0) is 49.7 Å². The van der Waals surface area contributed by atoms with Gasteiger partial charge in [-0.1, -0.05) is 24.3 Å². The second-order valence-electron chi connectivity index (χ2n) is 7.03. The number of primary amides is 1. The van der Waals surface area contributed by atoms with Crippen molar-refractivity contribution in [2.75, 3.05) is 6.54 Å². The number of rotatable bonds is 7. The Morgan fingerprint density at radius 1 is 1.03 bits per heavy atom. The smallest absolute Gasteiger partial charge is 0.248 e. The molecule has 0 fully saturated rings. The molecule has 6 heteroatoms. The number of hydrogen-bond acceptors (Lipinski definition) is 4. The van der Waals surface area contributed by atoms with Gasteiger partial charge in [0.1, 0.15) is 11.5 Å². The van der Waals surface area contributed by atoms with Crippen LogP contribution >= 0.6 is 0 Å². The number of aromatic nitrogens is 1. The van der Waals surface area contributed by atoms with Gasteiger partial charge in [-0.25, -0.2) is 0 Å². The van der Waals surface area contributed by atoms with E-state index in [1.165, 1.54) is 6.92 Å². The number of amides is 2. The summed E-state index contributed by atoms with van der Waals surface area (Å²) < 4.78 is 6.07. The van der Waals surface area contributed by atoms with Crippen molar-refractivity contribution in [3.05, 3.63) is 77.6 Å². The van der Waals surface area contributed by atoms with Gasteiger partial charge in [-0.3, -0.25) is 14.6 Å². The average Bonchev–Trinajstić information content (AvgIpc) is 2.73. The maximum atomic E-state index is 11.8. The lowest BCUT2D eigenvalue weighted by atomic mass is 10.1. The molecule has 154 valence electrons. The fourth-order valence-corrected chi connectivity index (χ4v) is 3.07. The summed E-state index contributed by atoms with van der Waals surface area (Å²) in [6.45, 7) is 6.35. The van der Waals surface area contributed by atoms with E-state index in [-0.39, 0.29) is 5.91 Å². The molecule has 0 aliphatic carbocycles. The number of hydrogen-bond donors (Lipinski definition) is 1. The van der Waals surface area contributed by atoms with Crippen molar-refractivity contribution in [1.82, 2.24) is 9.88 Å². The van der Waals surface area contributed by atoms with Crippen molar-refractivity contribution in [3.8, 4) is 22.6 Å². The summed E-state index contributed by atoms with van der Waals surface area (Å²) in [5, 5.41) is 0. The second kappa shape index (κ2) is 9.22. The van der Waals surface area contributed by atoms with Crippen LogP contribution in [0.15, 0.2) is 60.8 Å². The lowest BCUT2D eigenvalue weighted by Gasteiger charge is -2.21. The Hall–Kier alpha value is -3.67. The Morgan fingerprint density at radius 3 is 2.30 bits per heavy atom. The van der Waals surface area contributed by atoms with E-state index >= 15 is 0 Å². The summed E-state index contributed by atoms with van der Waals surface area (Å²) >= 11 is 0. The quantitative estimate of drug-likeness (QED) is 0.637. The van der Waals surface area contributed by atoms with Crippen molar-refractivity contribution in [3.63, 3.8) is 0 Å². The molecule has 0 radical (unpaired) electrons. The van der Waals surface area contributed by atoms with Gasteiger partial charge in [0.25, 0.3) is 0 Å². The van der Waals surface area contributed by atoms with E-state index in [0.717, 1.165) is 22.4 Å². The monoisotopic (exact) mass is 403 g/mol. The van der Waals surface area contributed by atoms with Gasteiger partial charge in [0.05, 0.1) is 0 Å². The van der Waals surface area contributed by atoms with E-state index < -0.39 is 5.91 Å². The molecule has 1 aromatic heterocycles. The van der Waals surface area contributed by atoms with E-state index in [4.69, 9.17) is 10.5 Å². The van der Waals surface area contributed by atoms with Crippen molar-refractivity contribution >= 4 is 11.8 Å². The van der Waals surface area contributed by atoms with Crippen LogP contribution < -0.4 is 10.5 Å². The average molecular weight is 403 g/mol. The molecule has 0 saturated carbocycles. The molecule has 0 aliphatic heterocycles. The first-order valence-corrected chi connectivity index (χ1v) is 9.76. The highest BCUT2D eigenvalue weighted by molar-refractivity contribution is 5.93. The number of carbonyl (C=O) groups excluding carboxylic acids is 2. The topological polar surface area (TPSA) is 85.5 Å². The number of benzene rings is 2. The van der Waals surface area contributed by atoms with Gasteiger partial charge >= 0.3 is 0 Å². The summed E-state index contributed by atoms with van der Waals surface area (Å²) in [6.07, 6.45) is 1.83. The van der Waals surface area contributed by atoms with Crippen LogP contribution in [0.3, 0.4) is 0 Å². The van der Waals surface area contributed by atoms with E-state index in [1.807, 2.05) is 56.4 Å². The molecule has 0 saturated heterocycles. The van der Waals surface area contributed by atoms with Crippen LogP contribution in [0.4, 0.5) is 0 Å². The van der Waals surface area contributed by atoms with Gasteiger partial charge in [0.15, 0.2) is 0 Å². The maximum Gasteiger partial charge on any atom is 0.248 e. The van der Waals surface area contributed by atoms with Crippen LogP contribution in [-0.2, 0) is 11.3 Å². The van der Waals surface area contributed by atoms with Crippen LogP contribution in [0.2, 0.25) is 0 Å². The van der Waals surface area contributed by atoms with E-state index in [1.54, 1.807) is 23.1 Å². The summed E-state index contributed by atoms with van der Waals surface area (Å²) in [5.41, 5.74) is 9.58. The van der Waals surface area contributed by atoms with Gasteiger partial charge < -0.3 is 15.4 Å². The zero-order valence-corrected chi connectivity index (χ0v) is 17.4. The molecular weight excluding hydrogens is 378 g/mol. The molecule has 0 bridgehead atoms. The normalized spacial score (nSPS) is 10.5. The highest BCUT2D eigenvalue weighted by atomic mass is 16.5. The minimum absolute atomic E-state index is 0.0292. The Balaban J connectivity index is 1.88. The Bertz CT molecular complexity index is 1040. The predicted octanol–water partition coefficient (Wildman–Crippen LogP) is 4.32. The minimum atomic E-state index is -0.535. The number of pyridine rings is 1. The van der Waals surface area contributed by atoms with Crippen LogP contribution in [0, 0.1) is 6.92 Å². The zero-order valence-electron chi connectivity index (χ0n) is 17.4. The second-order valence-corrected chi connectivity index (χ2v) is 7.03. The van der Waals surface area contributed by atoms with Crippen LogP contribution in [0.1, 0.15) is 35.5 Å². The molecule has 2 aromatic carbocycles. The molecule has 6 nitrogen and oxygen atoms in total. The fourth-order valence-electron chi connectivity index (χ4n) is 3.07. The molecule has 0 aliphatic rings. The van der Waals surface area contributed by atoms with Crippen molar-refractivity contribution in [1.29, 1.82) is 0 Å². The maximum absolute atomic E-state index is 11.8. The third kappa shape index (κ3) is 5.03. The Kier molecular flexibility index (Phi) is 6.47. The van der Waals surface area contributed by atoms with Gasteiger partial charge in [0.2, 0.25) is 11.8 Å². The molecule has 0 unspecified atom stereocenters. The Labute approximate surface area is 176 Å². The third-order valence-corrected chi connectivity index (χ3v) is 4.87. The molecule has 2 amide bonds. The number of aryl methyl sites for hydroxylation is 1. The zero-order chi connectivity index (χ0) is 21.7. The van der Waals surface area contributed by atoms with Gasteiger partial charge in [-0.15, -0.1) is 0 Å². The predicted molar refractivity (Wildman–Crippen MR) is 116 cm³/mol. The Morgan fingerprint density at radius 2 is 1.73 bits per heavy atom. The summed E-state index contributed by atoms with van der Waals surface area (Å²) in [5.74, 6) is 0.550. The fraction of sp³-hybridized carbons (Fsp3) is 0.208. The van der Waals surface area contributed by atoms with Crippen LogP contribution in [0.5, 0.6) is 11.5 Å². The number of nitrogens with two attached hydrogens (primary N) is 1. The van der Waals surface area contributed by atoms with Crippen molar-refractivity contribution in [2.45, 2.75) is 27.3 Å². The van der Waals surface area contributed by atoms with Crippen molar-refractivity contribution < 1.29 is 14.3 Å². The molecule has 3 rings (SSSR count). The summed E-state index contributed by atoms with van der Waals surface area (Å²) in [6, 6.07) is 16.6. The highest BCUT2D eigenvalue weighted by Crippen LogP contribution is 2.30. The molecule has 1 heterocycles. The van der Waals surface area contributed by atoms with E-state index in [0.29, 0.717) is 30.2 Å². The van der Waals surface area contributed by atoms with Crippen molar-refractivity contribution in [2.24, 2.45) is 5.73 Å². The summed E-state index contributed by atoms with van der Waals surface area (Å²) in [7, 11) is 0. The van der Waals surface area contributed by atoms with E-state index in [2.05, 4.69) is 4.98 Å². The first-order valence-electron chi connectivity index (χ1n) is 9.76. The van der Waals surface area contributed by atoms with Crippen LogP contribution in [0.25, 0.3) is 11.1 Å². The largest absolute Gasteiger partial charge is 0.457 e. The minimum Gasteiger partial charge on any atom is -0.457 e. The van der Waals surface area contributed by atoms with E-state index in [9.17, 15) is 9.59 Å². The van der Waals surface area contributed by atoms with Gasteiger partial charge in [0, 0.05) is 48.6 Å². The molecule has 0 atom stereocenters. The third-order valence-electron chi connectivity index (χ3n) is 4.87. The van der Waals surface area contributed by atoms with Crippen LogP contribution in [-0.4, -0.2) is 28.2 Å². The SMILES string of the molecule is CCN(Cc1ccc(C(N)=O)cc1Oc1ccc(-c2ccc(C)nc2)cc1)C(C)=O. The first-order chi connectivity index (χ1) is 14.4. The lowest BCUT2D eigenvalue weighted by molar-refractivity contribution is -0.129. The number of carbonyl (C=O) groups is 2. The number of ether oxygens (including phenoxy) is 1. The lowest BCUT2D eigenvalue weighted by Crippen LogP contribution is -2.28.